The molecule has 1 heterocycles. The lowest BCUT2D eigenvalue weighted by molar-refractivity contribution is -0.143. The van der Waals surface area contributed by atoms with Crippen LogP contribution < -0.4 is 59.3 Å². The van der Waals surface area contributed by atoms with E-state index in [4.69, 9.17) is 11.5 Å². The van der Waals surface area contributed by atoms with Crippen molar-refractivity contribution in [2.24, 2.45) is 34.2 Å². The topological polar surface area (TPSA) is 387 Å². The van der Waals surface area contributed by atoms with E-state index in [0.717, 1.165) is 20.3 Å². The van der Waals surface area contributed by atoms with Gasteiger partial charge in [-0.05, 0) is 70.8 Å². The largest absolute Gasteiger partial charge is 0.480 e. The zero-order valence-electron chi connectivity index (χ0n) is 37.6. The molecule has 0 unspecified atom stereocenters. The van der Waals surface area contributed by atoms with Gasteiger partial charge in [-0.1, -0.05) is 41.5 Å². The minimum atomic E-state index is -1.75. The number of amides is 8. The third-order valence-electron chi connectivity index (χ3n) is 10.00. The van der Waals surface area contributed by atoms with Crippen molar-refractivity contribution in [2.45, 2.75) is 149 Å². The molecule has 10 atom stereocenters. The number of rotatable bonds is 26. The highest BCUT2D eigenvalue weighted by Gasteiger charge is 2.37. The number of carbonyl (C=O) groups excluding carboxylic acids is 8. The van der Waals surface area contributed by atoms with E-state index in [0.29, 0.717) is 13.0 Å². The van der Waals surface area contributed by atoms with Crippen LogP contribution in [0.4, 0.5) is 0 Å². The van der Waals surface area contributed by atoms with Crippen molar-refractivity contribution >= 4 is 59.2 Å². The number of aliphatic carboxylic acids is 1. The van der Waals surface area contributed by atoms with Crippen LogP contribution in [0, 0.1) is 17.8 Å². The SMILES string of the molecule is CC(C)[C@H](NC(=O)[C@H](CCCN=C(N)N)NC(=O)[C@@H](NC(=O)[C@@H](NC(=O)[C@@H](NC(=O)CNC(=O)[C@H](C)NC(=O)[C@@H](NC(=O)[C@@H]1CCCN1)C(C)C)[C@@H](C)O)[C@@H](C)O)C(C)C)C(=O)O. The second-order valence-corrected chi connectivity index (χ2v) is 16.6. The van der Waals surface area contributed by atoms with Crippen molar-refractivity contribution in [3.63, 3.8) is 0 Å². The Hall–Kier alpha value is -5.62. The summed E-state index contributed by atoms with van der Waals surface area (Å²) in [5.41, 5.74) is 10.7. The molecule has 0 bridgehead atoms. The van der Waals surface area contributed by atoms with Crippen LogP contribution in [-0.2, 0) is 43.2 Å². The molecule has 1 rings (SSSR count). The molecule has 0 radical (unpaired) electrons. The first-order valence-corrected chi connectivity index (χ1v) is 21.1. The van der Waals surface area contributed by atoms with Crippen molar-refractivity contribution in [3.05, 3.63) is 0 Å². The maximum Gasteiger partial charge on any atom is 0.326 e. The monoisotopic (exact) mass is 899 g/mol. The van der Waals surface area contributed by atoms with E-state index in [-0.39, 0.29) is 37.2 Å². The van der Waals surface area contributed by atoms with Gasteiger partial charge in [-0.15, -0.1) is 0 Å². The zero-order valence-corrected chi connectivity index (χ0v) is 37.6. The molecule has 0 saturated carbocycles. The van der Waals surface area contributed by atoms with Crippen LogP contribution in [0.3, 0.4) is 0 Å². The van der Waals surface area contributed by atoms with Crippen LogP contribution in [0.15, 0.2) is 4.99 Å². The summed E-state index contributed by atoms with van der Waals surface area (Å²) >= 11 is 0. The molecule has 1 aliphatic rings. The Balaban J connectivity index is 3.01. The lowest BCUT2D eigenvalue weighted by atomic mass is 10.00. The van der Waals surface area contributed by atoms with Gasteiger partial charge in [0, 0.05) is 6.54 Å². The van der Waals surface area contributed by atoms with Gasteiger partial charge in [0.2, 0.25) is 47.3 Å². The molecule has 0 aromatic heterocycles. The maximum absolute atomic E-state index is 13.6. The first-order chi connectivity index (χ1) is 29.3. The first kappa shape index (κ1) is 55.4. The van der Waals surface area contributed by atoms with Crippen LogP contribution in [0.25, 0.3) is 0 Å². The number of guanidine groups is 1. The zero-order chi connectivity index (χ0) is 48.3. The average Bonchev–Trinajstić information content (AvgIpc) is 3.73. The predicted molar refractivity (Wildman–Crippen MR) is 229 cm³/mol. The molecule has 0 aromatic rings. The maximum atomic E-state index is 13.6. The van der Waals surface area contributed by atoms with Gasteiger partial charge in [-0.2, -0.15) is 0 Å². The Morgan fingerprint density at radius 2 is 1.10 bits per heavy atom. The van der Waals surface area contributed by atoms with E-state index >= 15 is 0 Å². The molecule has 358 valence electrons. The Kier molecular flexibility index (Phi) is 23.5. The minimum Gasteiger partial charge on any atom is -0.480 e. The number of nitrogens with zero attached hydrogens (tertiary/aromatic N) is 1. The molecule has 1 aliphatic heterocycles. The van der Waals surface area contributed by atoms with Crippen LogP contribution in [0.2, 0.25) is 0 Å². The van der Waals surface area contributed by atoms with Gasteiger partial charge >= 0.3 is 5.97 Å². The Labute approximate surface area is 367 Å². The van der Waals surface area contributed by atoms with E-state index in [1.807, 2.05) is 0 Å². The van der Waals surface area contributed by atoms with Crippen molar-refractivity contribution in [2.75, 3.05) is 19.6 Å². The van der Waals surface area contributed by atoms with Gasteiger partial charge in [-0.25, -0.2) is 4.79 Å². The molecule has 0 aliphatic carbocycles. The summed E-state index contributed by atoms with van der Waals surface area (Å²) in [7, 11) is 0. The summed E-state index contributed by atoms with van der Waals surface area (Å²) in [6.45, 7) is 13.5. The van der Waals surface area contributed by atoms with Crippen LogP contribution in [-0.4, -0.2) is 155 Å². The number of carboxylic acid groups (broad SMARTS) is 1. The fourth-order valence-corrected chi connectivity index (χ4v) is 6.24. The van der Waals surface area contributed by atoms with Crippen molar-refractivity contribution < 1.29 is 58.5 Å². The average molecular weight is 899 g/mol. The number of hydrogen-bond donors (Lipinski definition) is 14. The Bertz CT molecular complexity index is 1630. The van der Waals surface area contributed by atoms with E-state index in [2.05, 4.69) is 52.8 Å². The number of carboxylic acids is 1. The van der Waals surface area contributed by atoms with Crippen molar-refractivity contribution in [1.82, 2.24) is 47.9 Å². The summed E-state index contributed by atoms with van der Waals surface area (Å²) in [6.07, 6.45) is -1.55. The number of carbonyl (C=O) groups is 9. The summed E-state index contributed by atoms with van der Waals surface area (Å²) in [5, 5.41) is 53.0. The number of aliphatic hydroxyl groups excluding tert-OH is 2. The van der Waals surface area contributed by atoms with Gasteiger partial charge in [0.05, 0.1) is 24.8 Å². The quantitative estimate of drug-likeness (QED) is 0.0220. The number of hydrogen-bond acceptors (Lipinski definition) is 13. The summed E-state index contributed by atoms with van der Waals surface area (Å²) in [5.74, 6) is -9.52. The smallest absolute Gasteiger partial charge is 0.326 e. The highest BCUT2D eigenvalue weighted by Crippen LogP contribution is 2.11. The van der Waals surface area contributed by atoms with Crippen molar-refractivity contribution in [1.29, 1.82) is 0 Å². The molecule has 0 spiro atoms. The molecule has 16 N–H and O–H groups in total. The highest BCUT2D eigenvalue weighted by molar-refractivity contribution is 5.97. The van der Waals surface area contributed by atoms with E-state index in [1.54, 1.807) is 41.5 Å². The number of nitrogens with two attached hydrogens (primary N) is 2. The summed E-state index contributed by atoms with van der Waals surface area (Å²) < 4.78 is 0. The molecule has 24 heteroatoms. The third kappa shape index (κ3) is 19.1. The summed E-state index contributed by atoms with van der Waals surface area (Å²) in [6, 6.07) is -9.93. The molecule has 24 nitrogen and oxygen atoms in total. The standard InChI is InChI=1S/C39H70N12O12/c1-17(2)26(48-32(56)23-12-10-14-42-23)34(58)45-20(7)31(55)44-16-25(54)47-29(21(8)52)36(60)51-30(22(9)53)37(61)49-27(18(3)4)35(59)46-24(13-11-15-43-39(40)41)33(57)50-28(19(5)6)38(62)63/h17-24,26-30,42,52-53H,10-16H2,1-9H3,(H,44,55)(H,45,58)(H,46,59)(H,47,54)(H,48,56)(H,49,61)(H,50,57)(H,51,60)(H,62,63)(H4,40,41,43)/t20-,21+,22+,23-,24-,26-,27-,28-,29-,30-/m0/s1. The number of aliphatic hydroxyl groups is 2. The second-order valence-electron chi connectivity index (χ2n) is 16.6. The fraction of sp³-hybridized carbons (Fsp3) is 0.744. The molecule has 63 heavy (non-hydrogen) atoms. The molecule has 1 saturated heterocycles. The van der Waals surface area contributed by atoms with Gasteiger partial charge in [0.25, 0.3) is 0 Å². The number of nitrogens with one attached hydrogen (secondary N) is 9. The van der Waals surface area contributed by atoms with Crippen molar-refractivity contribution in [3.8, 4) is 0 Å². The second kappa shape index (κ2) is 26.8. The minimum absolute atomic E-state index is 0.0339. The molecule has 8 amide bonds. The third-order valence-corrected chi connectivity index (χ3v) is 10.00. The van der Waals surface area contributed by atoms with E-state index in [1.165, 1.54) is 6.92 Å². The van der Waals surface area contributed by atoms with Gasteiger partial charge in [-0.3, -0.25) is 43.3 Å². The van der Waals surface area contributed by atoms with Gasteiger partial charge < -0.3 is 74.6 Å². The Morgan fingerprint density at radius 1 is 0.619 bits per heavy atom. The van der Waals surface area contributed by atoms with Crippen LogP contribution >= 0.6 is 0 Å². The normalized spacial score (nSPS) is 17.9. The summed E-state index contributed by atoms with van der Waals surface area (Å²) in [4.78, 5) is 121. The van der Waals surface area contributed by atoms with E-state index in [9.17, 15) is 58.5 Å². The fourth-order valence-electron chi connectivity index (χ4n) is 6.24. The first-order valence-electron chi connectivity index (χ1n) is 21.1. The van der Waals surface area contributed by atoms with Gasteiger partial charge in [0.15, 0.2) is 5.96 Å². The molecule has 1 fully saturated rings. The lowest BCUT2D eigenvalue weighted by Crippen LogP contribution is -2.63. The highest BCUT2D eigenvalue weighted by atomic mass is 16.4. The van der Waals surface area contributed by atoms with E-state index < -0.39 is 126 Å². The van der Waals surface area contributed by atoms with Crippen LogP contribution in [0.1, 0.15) is 88.0 Å². The van der Waals surface area contributed by atoms with Crippen LogP contribution in [0.5, 0.6) is 0 Å². The Morgan fingerprint density at radius 3 is 1.57 bits per heavy atom. The lowest BCUT2D eigenvalue weighted by Gasteiger charge is -2.30. The molecular formula is C39H70N12O12. The molecular weight excluding hydrogens is 829 g/mol. The number of aliphatic imine (C=N–C) groups is 1. The molecule has 0 aromatic carbocycles. The predicted octanol–water partition coefficient (Wildman–Crippen LogP) is -4.86. The van der Waals surface area contributed by atoms with Gasteiger partial charge in [0.1, 0.15) is 42.3 Å².